The van der Waals surface area contributed by atoms with Crippen LogP contribution in [0.25, 0.3) is 0 Å². The van der Waals surface area contributed by atoms with Crippen molar-refractivity contribution >= 4 is 0 Å². The molecule has 1 aliphatic heterocycles. The van der Waals surface area contributed by atoms with Crippen LogP contribution in [-0.4, -0.2) is 6.54 Å². The first-order valence-corrected chi connectivity index (χ1v) is 6.52. The van der Waals surface area contributed by atoms with E-state index < -0.39 is 0 Å². The van der Waals surface area contributed by atoms with Gasteiger partial charge in [0.1, 0.15) is 6.61 Å². The Morgan fingerprint density at radius 3 is 2.89 bits per heavy atom. The first-order chi connectivity index (χ1) is 9.34. The minimum absolute atomic E-state index is 0.309. The molecule has 19 heavy (non-hydrogen) atoms. The molecule has 2 aromatic carbocycles. The molecule has 0 atom stereocenters. The quantitative estimate of drug-likeness (QED) is 0.912. The van der Waals surface area contributed by atoms with E-state index in [9.17, 15) is 4.39 Å². The average Bonchev–Trinajstić information content (AvgIpc) is 2.46. The highest BCUT2D eigenvalue weighted by molar-refractivity contribution is 5.37. The lowest BCUT2D eigenvalue weighted by molar-refractivity contribution is 0.288. The van der Waals surface area contributed by atoms with Crippen molar-refractivity contribution in [1.29, 1.82) is 0 Å². The van der Waals surface area contributed by atoms with Gasteiger partial charge in [0.25, 0.3) is 0 Å². The van der Waals surface area contributed by atoms with Gasteiger partial charge in [-0.3, -0.25) is 0 Å². The van der Waals surface area contributed by atoms with E-state index in [4.69, 9.17) is 4.74 Å². The van der Waals surface area contributed by atoms with Crippen molar-refractivity contribution < 1.29 is 9.13 Å². The van der Waals surface area contributed by atoms with Gasteiger partial charge >= 0.3 is 0 Å². The van der Waals surface area contributed by atoms with Gasteiger partial charge < -0.3 is 10.1 Å². The maximum Gasteiger partial charge on any atom is 0.165 e. The molecule has 0 aromatic heterocycles. The number of nitrogens with one attached hydrogen (secondary N) is 1. The summed E-state index contributed by atoms with van der Waals surface area (Å²) in [5.74, 6) is -0.00528. The number of halogens is 1. The number of para-hydroxylation sites is 1. The van der Waals surface area contributed by atoms with Crippen LogP contribution in [-0.2, 0) is 19.6 Å². The zero-order valence-corrected chi connectivity index (χ0v) is 10.7. The molecule has 0 saturated carbocycles. The molecule has 2 aromatic rings. The van der Waals surface area contributed by atoms with Crippen LogP contribution in [0.3, 0.4) is 0 Å². The third kappa shape index (κ3) is 2.61. The first kappa shape index (κ1) is 12.2. The monoisotopic (exact) mass is 257 g/mol. The number of hydrogen-bond donors (Lipinski definition) is 1. The summed E-state index contributed by atoms with van der Waals surface area (Å²) >= 11 is 0. The number of benzene rings is 2. The van der Waals surface area contributed by atoms with Gasteiger partial charge in [-0.1, -0.05) is 30.3 Å². The second-order valence-electron chi connectivity index (χ2n) is 4.70. The topological polar surface area (TPSA) is 21.3 Å². The van der Waals surface area contributed by atoms with Crippen molar-refractivity contribution in [3.63, 3.8) is 0 Å². The Bertz CT molecular complexity index is 583. The summed E-state index contributed by atoms with van der Waals surface area (Å²) in [6.07, 6.45) is 1.04. The smallest absolute Gasteiger partial charge is 0.165 e. The van der Waals surface area contributed by atoms with Crippen LogP contribution in [0.15, 0.2) is 42.5 Å². The van der Waals surface area contributed by atoms with Crippen LogP contribution in [0, 0.1) is 5.82 Å². The molecule has 0 spiro atoms. The Morgan fingerprint density at radius 1 is 1.11 bits per heavy atom. The number of fused-ring (bicyclic) bond motifs is 1. The summed E-state index contributed by atoms with van der Waals surface area (Å²) < 4.78 is 19.1. The normalized spacial score (nSPS) is 13.9. The van der Waals surface area contributed by atoms with E-state index in [0.29, 0.717) is 12.4 Å². The van der Waals surface area contributed by atoms with E-state index in [1.807, 2.05) is 12.1 Å². The van der Waals surface area contributed by atoms with Crippen LogP contribution in [0.1, 0.15) is 16.7 Å². The van der Waals surface area contributed by atoms with E-state index in [1.54, 1.807) is 18.2 Å². The van der Waals surface area contributed by atoms with E-state index in [-0.39, 0.29) is 5.82 Å². The molecule has 0 unspecified atom stereocenters. The largest absolute Gasteiger partial charge is 0.486 e. The van der Waals surface area contributed by atoms with Gasteiger partial charge in [0.15, 0.2) is 11.6 Å². The van der Waals surface area contributed by atoms with Crippen molar-refractivity contribution in [2.75, 3.05) is 6.54 Å². The Morgan fingerprint density at radius 2 is 2.00 bits per heavy atom. The fraction of sp³-hybridized carbons (Fsp3) is 0.250. The van der Waals surface area contributed by atoms with Gasteiger partial charge in [-0.15, -0.1) is 0 Å². The standard InChI is InChI=1S/C16H16FNO/c17-15-6-1-2-7-16(15)19-11-13-5-3-4-12-8-9-18-10-14(12)13/h1-7,18H,8-11H2. The highest BCUT2D eigenvalue weighted by Gasteiger charge is 2.13. The predicted molar refractivity (Wildman–Crippen MR) is 72.6 cm³/mol. The maximum absolute atomic E-state index is 13.5. The molecule has 0 amide bonds. The summed E-state index contributed by atoms with van der Waals surface area (Å²) in [6, 6.07) is 12.8. The molecule has 0 saturated heterocycles. The van der Waals surface area contributed by atoms with Gasteiger partial charge in [0.2, 0.25) is 0 Å². The molecule has 0 fully saturated rings. The fourth-order valence-electron chi connectivity index (χ4n) is 2.44. The van der Waals surface area contributed by atoms with E-state index >= 15 is 0 Å². The lowest BCUT2D eigenvalue weighted by Crippen LogP contribution is -2.25. The Labute approximate surface area is 112 Å². The van der Waals surface area contributed by atoms with Crippen LogP contribution >= 0.6 is 0 Å². The minimum atomic E-state index is -0.314. The van der Waals surface area contributed by atoms with Crippen molar-refractivity contribution in [2.45, 2.75) is 19.6 Å². The molecule has 1 aliphatic rings. The zero-order chi connectivity index (χ0) is 13.1. The third-order valence-electron chi connectivity index (χ3n) is 3.46. The molecule has 98 valence electrons. The highest BCUT2D eigenvalue weighted by atomic mass is 19.1. The lowest BCUT2D eigenvalue weighted by atomic mass is 9.96. The van der Waals surface area contributed by atoms with Crippen molar-refractivity contribution in [3.8, 4) is 5.75 Å². The zero-order valence-electron chi connectivity index (χ0n) is 10.7. The summed E-state index contributed by atoms with van der Waals surface area (Å²) in [4.78, 5) is 0. The van der Waals surface area contributed by atoms with Crippen LogP contribution < -0.4 is 10.1 Å². The molecule has 0 radical (unpaired) electrons. The average molecular weight is 257 g/mol. The maximum atomic E-state index is 13.5. The van der Waals surface area contributed by atoms with E-state index in [0.717, 1.165) is 25.1 Å². The van der Waals surface area contributed by atoms with Gasteiger partial charge in [0.05, 0.1) is 0 Å². The van der Waals surface area contributed by atoms with E-state index in [1.165, 1.54) is 17.2 Å². The second-order valence-corrected chi connectivity index (χ2v) is 4.70. The SMILES string of the molecule is Fc1ccccc1OCc1cccc2c1CNCC2. The molecule has 3 heteroatoms. The Kier molecular flexibility index (Phi) is 3.47. The van der Waals surface area contributed by atoms with Gasteiger partial charge in [-0.25, -0.2) is 4.39 Å². The van der Waals surface area contributed by atoms with Crippen LogP contribution in [0.4, 0.5) is 4.39 Å². The number of hydrogen-bond acceptors (Lipinski definition) is 2. The highest BCUT2D eigenvalue weighted by Crippen LogP contribution is 2.22. The predicted octanol–water partition coefficient (Wildman–Crippen LogP) is 3.05. The van der Waals surface area contributed by atoms with Gasteiger partial charge in [0, 0.05) is 6.54 Å². The molecule has 1 N–H and O–H groups in total. The summed E-state index contributed by atoms with van der Waals surface area (Å²) in [7, 11) is 0. The summed E-state index contributed by atoms with van der Waals surface area (Å²) in [6.45, 7) is 2.29. The molecule has 0 bridgehead atoms. The molecule has 2 nitrogen and oxygen atoms in total. The van der Waals surface area contributed by atoms with Crippen molar-refractivity contribution in [2.24, 2.45) is 0 Å². The molecule has 0 aliphatic carbocycles. The first-order valence-electron chi connectivity index (χ1n) is 6.52. The second kappa shape index (κ2) is 5.41. The van der Waals surface area contributed by atoms with Gasteiger partial charge in [-0.05, 0) is 41.8 Å². The summed E-state index contributed by atoms with van der Waals surface area (Å²) in [5.41, 5.74) is 3.80. The summed E-state index contributed by atoms with van der Waals surface area (Å²) in [5, 5.41) is 3.36. The van der Waals surface area contributed by atoms with Crippen LogP contribution in [0.2, 0.25) is 0 Å². The lowest BCUT2D eigenvalue weighted by Gasteiger charge is -2.20. The van der Waals surface area contributed by atoms with Crippen molar-refractivity contribution in [3.05, 3.63) is 65.0 Å². The number of rotatable bonds is 3. The Balaban J connectivity index is 1.79. The fourth-order valence-corrected chi connectivity index (χ4v) is 2.44. The molecular formula is C16H16FNO. The van der Waals surface area contributed by atoms with Crippen LogP contribution in [0.5, 0.6) is 5.75 Å². The molecule has 3 rings (SSSR count). The van der Waals surface area contributed by atoms with E-state index in [2.05, 4.69) is 11.4 Å². The molecule has 1 heterocycles. The molecular weight excluding hydrogens is 241 g/mol. The Hall–Kier alpha value is -1.87. The minimum Gasteiger partial charge on any atom is -0.486 e. The third-order valence-corrected chi connectivity index (χ3v) is 3.46. The van der Waals surface area contributed by atoms with Gasteiger partial charge in [-0.2, -0.15) is 0 Å². The number of ether oxygens (including phenoxy) is 1. The van der Waals surface area contributed by atoms with Crippen molar-refractivity contribution in [1.82, 2.24) is 5.32 Å².